The third-order valence-corrected chi connectivity index (χ3v) is 9.69. The molecule has 2 N–H and O–H groups in total. The maximum atomic E-state index is 14.7. The largest absolute Gasteiger partial charge is 0.383 e. The van der Waals surface area contributed by atoms with E-state index in [0.717, 1.165) is 49.2 Å². The molecule has 1 spiro atoms. The molecule has 11 heteroatoms. The molecule has 10 nitrogen and oxygen atoms in total. The zero-order valence-corrected chi connectivity index (χ0v) is 24.8. The molecule has 1 saturated carbocycles. The monoisotopic (exact) mass is 584 g/mol. The van der Waals surface area contributed by atoms with E-state index in [1.54, 1.807) is 10.8 Å². The van der Waals surface area contributed by atoms with Crippen LogP contribution in [-0.2, 0) is 18.6 Å². The van der Waals surface area contributed by atoms with Gasteiger partial charge in [-0.3, -0.25) is 4.79 Å². The SMILES string of the molecule is C=CCn1c(=O)c2cnc(Nc3ccc(N4CCC(N(C)C)[C@@H](F)C4)cc3)nc2n1-c1ccc2c(n1)[C@](C)(O)C1(CC1)C2. The van der Waals surface area contributed by atoms with Gasteiger partial charge in [0.1, 0.15) is 17.2 Å². The van der Waals surface area contributed by atoms with E-state index in [2.05, 4.69) is 21.8 Å². The highest BCUT2D eigenvalue weighted by Crippen LogP contribution is 2.64. The summed E-state index contributed by atoms with van der Waals surface area (Å²) in [4.78, 5) is 31.5. The van der Waals surface area contributed by atoms with Crippen LogP contribution in [0.1, 0.15) is 37.4 Å². The third kappa shape index (κ3) is 4.44. The van der Waals surface area contributed by atoms with Crippen molar-refractivity contribution in [3.05, 3.63) is 76.9 Å². The fraction of sp³-hybridized carbons (Fsp3) is 0.438. The van der Waals surface area contributed by atoms with Crippen LogP contribution in [0.25, 0.3) is 16.9 Å². The number of benzene rings is 1. The predicted molar refractivity (Wildman–Crippen MR) is 165 cm³/mol. The number of pyridine rings is 1. The second-order valence-corrected chi connectivity index (χ2v) is 12.6. The van der Waals surface area contributed by atoms with Crippen LogP contribution in [0.15, 0.2) is 60.0 Å². The second kappa shape index (κ2) is 9.99. The first-order valence-corrected chi connectivity index (χ1v) is 14.9. The fourth-order valence-corrected chi connectivity index (χ4v) is 6.96. The maximum absolute atomic E-state index is 14.7. The van der Waals surface area contributed by atoms with E-state index in [4.69, 9.17) is 9.97 Å². The molecule has 3 atom stereocenters. The summed E-state index contributed by atoms with van der Waals surface area (Å²) in [5.74, 6) is 0.828. The van der Waals surface area contributed by atoms with Gasteiger partial charge in [0.15, 0.2) is 11.5 Å². The van der Waals surface area contributed by atoms with E-state index in [9.17, 15) is 14.3 Å². The summed E-state index contributed by atoms with van der Waals surface area (Å²) in [7, 11) is 3.85. The summed E-state index contributed by atoms with van der Waals surface area (Å²) >= 11 is 0. The van der Waals surface area contributed by atoms with Crippen molar-refractivity contribution in [1.29, 1.82) is 0 Å². The number of allylic oxidation sites excluding steroid dienone is 1. The lowest BCUT2D eigenvalue weighted by atomic mass is 9.88. The van der Waals surface area contributed by atoms with Crippen molar-refractivity contribution in [3.8, 4) is 5.82 Å². The lowest BCUT2D eigenvalue weighted by Crippen LogP contribution is -2.50. The maximum Gasteiger partial charge on any atom is 0.278 e. The van der Waals surface area contributed by atoms with Crippen LogP contribution >= 0.6 is 0 Å². The number of nitrogens with zero attached hydrogens (tertiary/aromatic N) is 7. The van der Waals surface area contributed by atoms with Gasteiger partial charge in [0.25, 0.3) is 5.56 Å². The molecule has 0 bridgehead atoms. The molecule has 4 aromatic rings. The standard InChI is InChI=1S/C32H37FN8O2/c1-5-15-40-29(42)23-18-34-30(35-21-7-9-22(10-8-21)39-16-12-25(38(3)4)24(33)19-39)37-28(23)41(40)26-11-6-20-17-32(13-14-32)31(2,43)27(20)36-26/h5-11,18,24-25,43H,1,12-17,19H2,2-4H3,(H,34,35,37)/t24-,25?,31-/m0/s1. The number of aromatic nitrogens is 5. The van der Waals surface area contributed by atoms with Crippen molar-refractivity contribution >= 4 is 28.4 Å². The van der Waals surface area contributed by atoms with Crippen LogP contribution in [0, 0.1) is 5.41 Å². The number of rotatable bonds is 7. The topological polar surface area (TPSA) is 104 Å². The van der Waals surface area contributed by atoms with Crippen LogP contribution < -0.4 is 15.8 Å². The molecule has 0 radical (unpaired) electrons. The van der Waals surface area contributed by atoms with Crippen LogP contribution in [0.3, 0.4) is 0 Å². The fourth-order valence-electron chi connectivity index (χ4n) is 6.96. The molecule has 224 valence electrons. The van der Waals surface area contributed by atoms with E-state index in [-0.39, 0.29) is 23.6 Å². The zero-order chi connectivity index (χ0) is 30.1. The van der Waals surface area contributed by atoms with Crippen LogP contribution in [0.4, 0.5) is 21.7 Å². The van der Waals surface area contributed by atoms with Crippen LogP contribution in [0.5, 0.6) is 0 Å². The highest BCUT2D eigenvalue weighted by atomic mass is 19.1. The van der Waals surface area contributed by atoms with Gasteiger partial charge in [-0.15, -0.1) is 6.58 Å². The minimum absolute atomic E-state index is 0.0574. The Morgan fingerprint density at radius 3 is 2.63 bits per heavy atom. The average Bonchev–Trinajstić information content (AvgIpc) is 3.68. The van der Waals surface area contributed by atoms with Gasteiger partial charge in [0, 0.05) is 35.6 Å². The van der Waals surface area contributed by atoms with Gasteiger partial charge in [0.2, 0.25) is 5.95 Å². The number of anilines is 3. The Bertz CT molecular complexity index is 1770. The van der Waals surface area contributed by atoms with Gasteiger partial charge in [-0.05, 0) is 82.6 Å². The highest BCUT2D eigenvalue weighted by Gasteiger charge is 2.62. The van der Waals surface area contributed by atoms with Crippen LogP contribution in [-0.4, -0.2) is 73.7 Å². The molecule has 2 aliphatic carbocycles. The summed E-state index contributed by atoms with van der Waals surface area (Å²) < 4.78 is 18.0. The molecule has 43 heavy (non-hydrogen) atoms. The Morgan fingerprint density at radius 1 is 1.19 bits per heavy atom. The molecule has 3 aromatic heterocycles. The van der Waals surface area contributed by atoms with E-state index < -0.39 is 11.8 Å². The summed E-state index contributed by atoms with van der Waals surface area (Å²) in [6.45, 7) is 7.09. The number of alkyl halides is 1. The zero-order valence-electron chi connectivity index (χ0n) is 24.8. The molecule has 7 rings (SSSR count). The molecular weight excluding hydrogens is 547 g/mol. The molecule has 0 amide bonds. The smallest absolute Gasteiger partial charge is 0.278 e. The van der Waals surface area contributed by atoms with E-state index >= 15 is 0 Å². The molecule has 1 unspecified atom stereocenters. The minimum Gasteiger partial charge on any atom is -0.383 e. The van der Waals surface area contributed by atoms with Gasteiger partial charge in [0.05, 0.1) is 18.8 Å². The van der Waals surface area contributed by atoms with Gasteiger partial charge in [-0.2, -0.15) is 4.98 Å². The molecule has 4 heterocycles. The predicted octanol–water partition coefficient (Wildman–Crippen LogP) is 3.93. The Morgan fingerprint density at radius 2 is 1.95 bits per heavy atom. The van der Waals surface area contributed by atoms with Crippen molar-refractivity contribution in [2.24, 2.45) is 5.41 Å². The molecule has 2 fully saturated rings. The summed E-state index contributed by atoms with van der Waals surface area (Å²) in [6.07, 6.45) is 5.81. The first kappa shape index (κ1) is 27.7. The number of piperidine rings is 1. The summed E-state index contributed by atoms with van der Waals surface area (Å²) in [5, 5.41) is 15.0. The Kier molecular flexibility index (Phi) is 6.44. The third-order valence-electron chi connectivity index (χ3n) is 9.69. The van der Waals surface area contributed by atoms with Crippen molar-refractivity contribution in [3.63, 3.8) is 0 Å². The van der Waals surface area contributed by atoms with Crippen molar-refractivity contribution in [1.82, 2.24) is 29.2 Å². The van der Waals surface area contributed by atoms with Gasteiger partial charge >= 0.3 is 0 Å². The van der Waals surface area contributed by atoms with Gasteiger partial charge in [-0.25, -0.2) is 23.7 Å². The van der Waals surface area contributed by atoms with Gasteiger partial charge in [-0.1, -0.05) is 12.1 Å². The lowest BCUT2D eigenvalue weighted by Gasteiger charge is -2.39. The number of hydrogen-bond donors (Lipinski definition) is 2. The average molecular weight is 585 g/mol. The molecule has 1 aliphatic heterocycles. The van der Waals surface area contributed by atoms with Crippen molar-refractivity contribution < 1.29 is 9.50 Å². The van der Waals surface area contributed by atoms with Gasteiger partial charge < -0.3 is 20.2 Å². The second-order valence-electron chi connectivity index (χ2n) is 12.6. The van der Waals surface area contributed by atoms with E-state index in [1.807, 2.05) is 62.3 Å². The highest BCUT2D eigenvalue weighted by molar-refractivity contribution is 5.77. The normalized spacial score (nSPS) is 24.1. The Hall–Kier alpha value is -4.09. The Balaban J connectivity index is 1.19. The molecule has 1 saturated heterocycles. The van der Waals surface area contributed by atoms with E-state index in [1.165, 1.54) is 10.9 Å². The van der Waals surface area contributed by atoms with Crippen LogP contribution in [0.2, 0.25) is 0 Å². The first-order chi connectivity index (χ1) is 20.6. The van der Waals surface area contributed by atoms with E-state index in [0.29, 0.717) is 35.0 Å². The summed E-state index contributed by atoms with van der Waals surface area (Å²) in [5.41, 5.74) is 2.45. The number of aliphatic hydroxyl groups is 1. The quantitative estimate of drug-likeness (QED) is 0.315. The summed E-state index contributed by atoms with van der Waals surface area (Å²) in [6, 6.07) is 11.6. The Labute approximate surface area is 249 Å². The van der Waals surface area contributed by atoms with Crippen molar-refractivity contribution in [2.75, 3.05) is 37.4 Å². The number of hydrogen-bond acceptors (Lipinski definition) is 8. The van der Waals surface area contributed by atoms with Crippen molar-refractivity contribution in [2.45, 2.75) is 57.0 Å². The number of nitrogens with one attached hydrogen (secondary N) is 1. The minimum atomic E-state index is -1.02. The number of halogens is 1. The number of fused-ring (bicyclic) bond motifs is 2. The lowest BCUT2D eigenvalue weighted by molar-refractivity contribution is -0.0102. The first-order valence-electron chi connectivity index (χ1n) is 14.9. The molecule has 3 aliphatic rings. The molecule has 1 aromatic carbocycles. The molecular formula is C32H37FN8O2.